The highest BCUT2D eigenvalue weighted by Crippen LogP contribution is 2.35. The van der Waals surface area contributed by atoms with Crippen molar-refractivity contribution in [1.29, 1.82) is 0 Å². The van der Waals surface area contributed by atoms with Gasteiger partial charge in [0, 0.05) is 16.6 Å². The number of non-ortho nitro benzene ring substituents is 1. The molecule has 2 rings (SSSR count). The maximum Gasteiger partial charge on any atom is 0.270 e. The number of hydrogen-bond donors (Lipinski definition) is 0. The van der Waals surface area contributed by atoms with E-state index in [2.05, 4.69) is 15.9 Å². The quantitative estimate of drug-likeness (QED) is 0.574. The molecule has 0 saturated carbocycles. The van der Waals surface area contributed by atoms with Crippen LogP contribution in [0.15, 0.2) is 46.9 Å². The second-order valence-corrected chi connectivity index (χ2v) is 4.76. The fourth-order valence-corrected chi connectivity index (χ4v) is 1.95. The van der Waals surface area contributed by atoms with E-state index in [0.717, 1.165) is 16.6 Å². The Bertz CT molecular complexity index is 649. The smallest absolute Gasteiger partial charge is 0.270 e. The van der Waals surface area contributed by atoms with Crippen molar-refractivity contribution >= 4 is 21.6 Å². The van der Waals surface area contributed by atoms with Crippen molar-refractivity contribution in [2.24, 2.45) is 0 Å². The van der Waals surface area contributed by atoms with Crippen molar-refractivity contribution in [2.45, 2.75) is 6.43 Å². The number of rotatable bonds is 4. The van der Waals surface area contributed by atoms with Gasteiger partial charge in [-0.3, -0.25) is 10.1 Å². The zero-order chi connectivity index (χ0) is 14.7. The summed E-state index contributed by atoms with van der Waals surface area (Å²) in [6.07, 6.45) is -2.86. The molecule has 0 atom stereocenters. The molecule has 20 heavy (non-hydrogen) atoms. The molecule has 0 fully saturated rings. The molecule has 0 spiro atoms. The lowest BCUT2D eigenvalue weighted by molar-refractivity contribution is -0.385. The minimum atomic E-state index is -2.86. The molecule has 0 bridgehead atoms. The van der Waals surface area contributed by atoms with Gasteiger partial charge in [0.2, 0.25) is 0 Å². The first-order chi connectivity index (χ1) is 9.47. The van der Waals surface area contributed by atoms with Crippen molar-refractivity contribution in [1.82, 2.24) is 0 Å². The molecular weight excluding hydrogens is 336 g/mol. The van der Waals surface area contributed by atoms with Crippen molar-refractivity contribution in [3.63, 3.8) is 0 Å². The number of hydrogen-bond acceptors (Lipinski definition) is 3. The number of nitro groups is 1. The van der Waals surface area contributed by atoms with Crippen LogP contribution in [0.3, 0.4) is 0 Å². The second kappa shape index (κ2) is 5.96. The number of benzene rings is 2. The molecule has 0 N–H and O–H groups in total. The van der Waals surface area contributed by atoms with Crippen LogP contribution in [0.2, 0.25) is 0 Å². The monoisotopic (exact) mass is 343 g/mol. The summed E-state index contributed by atoms with van der Waals surface area (Å²) in [6, 6.07) is 9.76. The lowest BCUT2D eigenvalue weighted by atomic mass is 10.2. The van der Waals surface area contributed by atoms with E-state index in [1.165, 1.54) is 6.07 Å². The molecule has 0 heterocycles. The zero-order valence-electron chi connectivity index (χ0n) is 9.92. The molecule has 7 heteroatoms. The maximum absolute atomic E-state index is 12.9. The standard InChI is InChI=1S/C13H8BrF2NO3/c14-8-2-1-3-10(6-8)20-12-5-4-9(17(18)19)7-11(12)13(15)16/h1-7,13H. The number of nitro benzene ring substituents is 1. The Morgan fingerprint density at radius 2 is 1.95 bits per heavy atom. The summed E-state index contributed by atoms with van der Waals surface area (Å²) < 4.78 is 32.0. The Morgan fingerprint density at radius 3 is 2.55 bits per heavy atom. The third kappa shape index (κ3) is 3.30. The summed E-state index contributed by atoms with van der Waals surface area (Å²) in [4.78, 5) is 9.88. The largest absolute Gasteiger partial charge is 0.457 e. The Morgan fingerprint density at radius 1 is 1.20 bits per heavy atom. The van der Waals surface area contributed by atoms with Crippen LogP contribution in [0.1, 0.15) is 12.0 Å². The third-order valence-corrected chi connectivity index (χ3v) is 2.96. The lowest BCUT2D eigenvalue weighted by Gasteiger charge is -2.10. The first kappa shape index (κ1) is 14.4. The van der Waals surface area contributed by atoms with E-state index in [1.54, 1.807) is 24.3 Å². The minimum absolute atomic E-state index is 0.108. The van der Waals surface area contributed by atoms with Crippen molar-refractivity contribution in [3.8, 4) is 11.5 Å². The summed E-state index contributed by atoms with van der Waals surface area (Å²) in [5.41, 5.74) is -0.916. The van der Waals surface area contributed by atoms with Crippen molar-refractivity contribution in [2.75, 3.05) is 0 Å². The highest BCUT2D eigenvalue weighted by molar-refractivity contribution is 9.10. The normalized spacial score (nSPS) is 10.6. The third-order valence-electron chi connectivity index (χ3n) is 2.46. The molecule has 4 nitrogen and oxygen atoms in total. The fraction of sp³-hybridized carbons (Fsp3) is 0.0769. The van der Waals surface area contributed by atoms with Gasteiger partial charge in [0.1, 0.15) is 11.5 Å². The summed E-state index contributed by atoms with van der Waals surface area (Å²) in [7, 11) is 0. The Kier molecular flexibility index (Phi) is 4.29. The molecule has 0 unspecified atom stereocenters. The van der Waals surface area contributed by atoms with Crippen LogP contribution in [-0.4, -0.2) is 4.92 Å². The number of nitrogens with zero attached hydrogens (tertiary/aromatic N) is 1. The van der Waals surface area contributed by atoms with Gasteiger partial charge in [0.25, 0.3) is 12.1 Å². The summed E-state index contributed by atoms with van der Waals surface area (Å²) in [5.74, 6) is 0.249. The van der Waals surface area contributed by atoms with Gasteiger partial charge in [-0.1, -0.05) is 22.0 Å². The van der Waals surface area contributed by atoms with Crippen molar-refractivity contribution < 1.29 is 18.4 Å². The van der Waals surface area contributed by atoms with E-state index in [-0.39, 0.29) is 5.75 Å². The van der Waals surface area contributed by atoms with Gasteiger partial charge in [-0.15, -0.1) is 0 Å². The fourth-order valence-electron chi connectivity index (χ4n) is 1.57. The first-order valence-corrected chi connectivity index (χ1v) is 6.26. The summed E-state index contributed by atoms with van der Waals surface area (Å²) >= 11 is 3.24. The molecule has 104 valence electrons. The van der Waals surface area contributed by atoms with E-state index >= 15 is 0 Å². The maximum atomic E-state index is 12.9. The summed E-state index contributed by atoms with van der Waals surface area (Å²) in [6.45, 7) is 0. The van der Waals surface area contributed by atoms with Crippen LogP contribution >= 0.6 is 15.9 Å². The molecule has 2 aromatic carbocycles. The van der Waals surface area contributed by atoms with Gasteiger partial charge in [-0.2, -0.15) is 0 Å². The highest BCUT2D eigenvalue weighted by atomic mass is 79.9. The van der Waals surface area contributed by atoms with Gasteiger partial charge in [0.15, 0.2) is 0 Å². The number of ether oxygens (including phenoxy) is 1. The van der Waals surface area contributed by atoms with E-state index in [1.807, 2.05) is 0 Å². The predicted molar refractivity (Wildman–Crippen MR) is 72.3 cm³/mol. The van der Waals surface area contributed by atoms with Gasteiger partial charge in [0.05, 0.1) is 10.5 Å². The van der Waals surface area contributed by atoms with E-state index in [4.69, 9.17) is 4.74 Å². The topological polar surface area (TPSA) is 52.4 Å². The lowest BCUT2D eigenvalue weighted by Crippen LogP contribution is -1.95. The molecule has 2 aromatic rings. The van der Waals surface area contributed by atoms with Gasteiger partial charge >= 0.3 is 0 Å². The molecule has 0 radical (unpaired) electrons. The second-order valence-electron chi connectivity index (χ2n) is 3.84. The van der Waals surface area contributed by atoms with Crippen molar-refractivity contribution in [3.05, 3.63) is 62.6 Å². The minimum Gasteiger partial charge on any atom is -0.457 e. The van der Waals surface area contributed by atoms with Gasteiger partial charge in [-0.25, -0.2) is 8.78 Å². The molecule has 0 amide bonds. The molecule has 0 aromatic heterocycles. The SMILES string of the molecule is O=[N+]([O-])c1ccc(Oc2cccc(Br)c2)c(C(F)F)c1. The van der Waals surface area contributed by atoms with E-state index in [0.29, 0.717) is 5.75 Å². The first-order valence-electron chi connectivity index (χ1n) is 5.47. The van der Waals surface area contributed by atoms with Crippen LogP contribution in [0.5, 0.6) is 11.5 Å². The number of alkyl halides is 2. The van der Waals surface area contributed by atoms with Crippen LogP contribution < -0.4 is 4.74 Å². The van der Waals surface area contributed by atoms with Gasteiger partial charge in [-0.05, 0) is 24.3 Å². The average Bonchev–Trinajstić information content (AvgIpc) is 2.38. The zero-order valence-corrected chi connectivity index (χ0v) is 11.5. The number of halogens is 3. The van der Waals surface area contributed by atoms with E-state index in [9.17, 15) is 18.9 Å². The van der Waals surface area contributed by atoms with E-state index < -0.39 is 22.6 Å². The molecular formula is C13H8BrF2NO3. The molecule has 0 aliphatic rings. The molecule has 0 aliphatic heterocycles. The van der Waals surface area contributed by atoms with Crippen LogP contribution in [-0.2, 0) is 0 Å². The Balaban J connectivity index is 2.38. The van der Waals surface area contributed by atoms with Crippen LogP contribution in [0.4, 0.5) is 14.5 Å². The van der Waals surface area contributed by atoms with Crippen LogP contribution in [0, 0.1) is 10.1 Å². The average molecular weight is 344 g/mol. The predicted octanol–water partition coefficient (Wildman–Crippen LogP) is 5.09. The Labute approximate surface area is 121 Å². The van der Waals surface area contributed by atoms with Crippen LogP contribution in [0.25, 0.3) is 0 Å². The Hall–Kier alpha value is -2.02. The highest BCUT2D eigenvalue weighted by Gasteiger charge is 2.19. The van der Waals surface area contributed by atoms with Gasteiger partial charge < -0.3 is 4.74 Å². The molecule has 0 aliphatic carbocycles. The molecule has 0 saturated heterocycles. The summed E-state index contributed by atoms with van der Waals surface area (Å²) in [5, 5.41) is 10.6.